The van der Waals surface area contributed by atoms with Crippen molar-refractivity contribution in [2.75, 3.05) is 31.7 Å². The molecule has 14 heavy (non-hydrogen) atoms. The van der Waals surface area contributed by atoms with Crippen molar-refractivity contribution in [3.63, 3.8) is 0 Å². The predicted molar refractivity (Wildman–Crippen MR) is 60.8 cm³/mol. The number of thiophene rings is 1. The lowest BCUT2D eigenvalue weighted by atomic mass is 9.87. The monoisotopic (exact) mass is 277 g/mol. The Morgan fingerprint density at radius 2 is 2.43 bits per heavy atom. The number of aliphatic hydroxyl groups is 1. The number of hydrogen-bond donors (Lipinski definition) is 2. The summed E-state index contributed by atoms with van der Waals surface area (Å²) in [4.78, 5) is 0. The van der Waals surface area contributed by atoms with Crippen LogP contribution in [-0.2, 0) is 4.74 Å². The molecule has 1 aromatic heterocycles. The van der Waals surface area contributed by atoms with Gasteiger partial charge < -0.3 is 15.2 Å². The second kappa shape index (κ2) is 4.18. The minimum Gasteiger partial charge on any atom is -0.396 e. The minimum absolute atomic E-state index is 0.0591. The average Bonchev–Trinajstić information content (AvgIpc) is 2.50. The summed E-state index contributed by atoms with van der Waals surface area (Å²) in [6.07, 6.45) is 0. The Morgan fingerprint density at radius 1 is 1.64 bits per heavy atom. The maximum Gasteiger partial charge on any atom is 0.0894 e. The molecule has 1 fully saturated rings. The Balaban J connectivity index is 1.87. The lowest BCUT2D eigenvalue weighted by Gasteiger charge is -2.39. The van der Waals surface area contributed by atoms with Gasteiger partial charge >= 0.3 is 0 Å². The van der Waals surface area contributed by atoms with Crippen LogP contribution in [0.25, 0.3) is 0 Å². The molecule has 0 aromatic carbocycles. The highest BCUT2D eigenvalue weighted by atomic mass is 79.9. The van der Waals surface area contributed by atoms with Crippen molar-refractivity contribution in [3.05, 3.63) is 15.9 Å². The van der Waals surface area contributed by atoms with Gasteiger partial charge in [0.2, 0.25) is 0 Å². The fourth-order valence-electron chi connectivity index (χ4n) is 1.32. The molecule has 1 saturated heterocycles. The van der Waals surface area contributed by atoms with Gasteiger partial charge in [0, 0.05) is 16.4 Å². The third-order valence-electron chi connectivity index (χ3n) is 2.36. The van der Waals surface area contributed by atoms with Gasteiger partial charge in [0.25, 0.3) is 0 Å². The van der Waals surface area contributed by atoms with Crippen LogP contribution in [0.15, 0.2) is 15.9 Å². The van der Waals surface area contributed by atoms with Gasteiger partial charge in [-0.3, -0.25) is 0 Å². The second-order valence-electron chi connectivity index (χ2n) is 3.63. The Hall–Kier alpha value is -0.100. The van der Waals surface area contributed by atoms with Gasteiger partial charge in [-0.05, 0) is 22.0 Å². The number of anilines is 1. The van der Waals surface area contributed by atoms with Gasteiger partial charge in [0.1, 0.15) is 0 Å². The van der Waals surface area contributed by atoms with Crippen LogP contribution < -0.4 is 5.32 Å². The molecule has 1 aromatic rings. The lowest BCUT2D eigenvalue weighted by Crippen LogP contribution is -2.50. The number of rotatable bonds is 4. The first-order valence-electron chi connectivity index (χ1n) is 4.41. The number of aliphatic hydroxyl groups excluding tert-OH is 1. The molecule has 78 valence electrons. The number of halogens is 1. The molecule has 5 heteroatoms. The Labute approximate surface area is 95.2 Å². The highest BCUT2D eigenvalue weighted by Crippen LogP contribution is 2.29. The average molecular weight is 278 g/mol. The van der Waals surface area contributed by atoms with Crippen LogP contribution >= 0.6 is 27.3 Å². The molecule has 0 spiro atoms. The van der Waals surface area contributed by atoms with Crippen LogP contribution in [0, 0.1) is 5.41 Å². The van der Waals surface area contributed by atoms with E-state index in [1.165, 1.54) is 0 Å². The van der Waals surface area contributed by atoms with Crippen molar-refractivity contribution in [1.82, 2.24) is 0 Å². The van der Waals surface area contributed by atoms with E-state index < -0.39 is 0 Å². The summed E-state index contributed by atoms with van der Waals surface area (Å²) >= 11 is 5.05. The van der Waals surface area contributed by atoms with Crippen LogP contribution in [-0.4, -0.2) is 31.5 Å². The summed E-state index contributed by atoms with van der Waals surface area (Å²) in [5, 5.41) is 15.7. The maximum atomic E-state index is 9.19. The summed E-state index contributed by atoms with van der Waals surface area (Å²) in [7, 11) is 0. The Kier molecular flexibility index (Phi) is 3.11. The number of ether oxygens (including phenoxy) is 1. The molecule has 1 aliphatic heterocycles. The number of nitrogens with one attached hydrogen (secondary N) is 1. The molecule has 2 N–H and O–H groups in total. The molecular weight excluding hydrogens is 266 g/mol. The molecule has 0 radical (unpaired) electrons. The highest BCUT2D eigenvalue weighted by molar-refractivity contribution is 9.10. The topological polar surface area (TPSA) is 41.5 Å². The third-order valence-corrected chi connectivity index (χ3v) is 4.01. The molecular formula is C9H12BrNO2S. The van der Waals surface area contributed by atoms with E-state index in [4.69, 9.17) is 4.74 Å². The molecule has 0 amide bonds. The molecule has 3 nitrogen and oxygen atoms in total. The van der Waals surface area contributed by atoms with E-state index >= 15 is 0 Å². The van der Waals surface area contributed by atoms with Crippen LogP contribution in [0.1, 0.15) is 0 Å². The van der Waals surface area contributed by atoms with E-state index in [2.05, 4.69) is 21.2 Å². The van der Waals surface area contributed by atoms with Crippen LogP contribution in [0.2, 0.25) is 0 Å². The van der Waals surface area contributed by atoms with Crippen molar-refractivity contribution >= 4 is 32.3 Å². The van der Waals surface area contributed by atoms with Crippen LogP contribution in [0.3, 0.4) is 0 Å². The quantitative estimate of drug-likeness (QED) is 0.884. The largest absolute Gasteiger partial charge is 0.396 e. The van der Waals surface area contributed by atoms with E-state index in [0.29, 0.717) is 13.2 Å². The zero-order valence-electron chi connectivity index (χ0n) is 7.62. The Bertz CT molecular complexity index is 306. The normalized spacial score (nSPS) is 19.0. The van der Waals surface area contributed by atoms with Crippen LogP contribution in [0.5, 0.6) is 0 Å². The van der Waals surface area contributed by atoms with E-state index in [9.17, 15) is 5.11 Å². The zero-order valence-corrected chi connectivity index (χ0v) is 10.0. The van der Waals surface area contributed by atoms with Crippen LogP contribution in [0.4, 0.5) is 5.00 Å². The van der Waals surface area contributed by atoms with Crippen molar-refractivity contribution in [2.45, 2.75) is 0 Å². The maximum absolute atomic E-state index is 9.19. The summed E-state index contributed by atoms with van der Waals surface area (Å²) < 4.78 is 6.21. The molecule has 2 heterocycles. The molecule has 0 aliphatic carbocycles. The first-order chi connectivity index (χ1) is 6.74. The molecule has 2 rings (SSSR count). The van der Waals surface area contributed by atoms with Gasteiger partial charge in [-0.25, -0.2) is 0 Å². The number of hydrogen-bond acceptors (Lipinski definition) is 4. The molecule has 0 atom stereocenters. The second-order valence-corrected chi connectivity index (χ2v) is 5.46. The lowest BCUT2D eigenvalue weighted by molar-refractivity contribution is -0.128. The van der Waals surface area contributed by atoms with Gasteiger partial charge in [-0.2, -0.15) is 0 Å². The van der Waals surface area contributed by atoms with E-state index in [1.807, 2.05) is 11.4 Å². The molecule has 1 aliphatic rings. The van der Waals surface area contributed by atoms with Crippen molar-refractivity contribution in [3.8, 4) is 0 Å². The molecule has 0 saturated carbocycles. The smallest absolute Gasteiger partial charge is 0.0894 e. The SMILES string of the molecule is OCC1(CNc2cc(Br)cs2)COC1. The first kappa shape index (κ1) is 10.4. The summed E-state index contributed by atoms with van der Waals surface area (Å²) in [5.74, 6) is 0. The van der Waals surface area contributed by atoms with Gasteiger partial charge in [0.05, 0.1) is 30.2 Å². The van der Waals surface area contributed by atoms with Crippen molar-refractivity contribution in [2.24, 2.45) is 5.41 Å². The highest BCUT2D eigenvalue weighted by Gasteiger charge is 2.37. The molecule has 0 unspecified atom stereocenters. The van der Waals surface area contributed by atoms with Crippen molar-refractivity contribution in [1.29, 1.82) is 0 Å². The van der Waals surface area contributed by atoms with E-state index in [-0.39, 0.29) is 12.0 Å². The summed E-state index contributed by atoms with van der Waals surface area (Å²) in [5.41, 5.74) is -0.0591. The van der Waals surface area contributed by atoms with Gasteiger partial charge in [-0.15, -0.1) is 11.3 Å². The fraction of sp³-hybridized carbons (Fsp3) is 0.556. The van der Waals surface area contributed by atoms with Crippen molar-refractivity contribution < 1.29 is 9.84 Å². The minimum atomic E-state index is -0.0591. The summed E-state index contributed by atoms with van der Waals surface area (Å²) in [6.45, 7) is 2.27. The zero-order chi connectivity index (χ0) is 10.0. The Morgan fingerprint density at radius 3 is 2.86 bits per heavy atom. The van der Waals surface area contributed by atoms with Gasteiger partial charge in [-0.1, -0.05) is 0 Å². The predicted octanol–water partition coefficient (Wildman–Crippen LogP) is 1.93. The van der Waals surface area contributed by atoms with E-state index in [1.54, 1.807) is 11.3 Å². The van der Waals surface area contributed by atoms with Gasteiger partial charge in [0.15, 0.2) is 0 Å². The summed E-state index contributed by atoms with van der Waals surface area (Å²) in [6, 6.07) is 2.04. The first-order valence-corrected chi connectivity index (χ1v) is 6.08. The molecule has 0 bridgehead atoms. The standard InChI is InChI=1S/C9H12BrNO2S/c10-7-1-8(14-2-7)11-3-9(4-12)5-13-6-9/h1-2,11-12H,3-6H2. The fourth-order valence-corrected chi connectivity index (χ4v) is 2.64. The van der Waals surface area contributed by atoms with E-state index in [0.717, 1.165) is 16.0 Å². The third kappa shape index (κ3) is 2.11.